The van der Waals surface area contributed by atoms with Crippen LogP contribution in [0.2, 0.25) is 0 Å². The van der Waals surface area contributed by atoms with E-state index in [1.165, 1.54) is 5.56 Å². The average Bonchev–Trinajstić information content (AvgIpc) is 2.66. The van der Waals surface area contributed by atoms with Crippen LogP contribution >= 0.6 is 11.3 Å². The first-order chi connectivity index (χ1) is 7.13. The zero-order valence-electron chi connectivity index (χ0n) is 8.85. The Bertz CT molecular complexity index is 300. The van der Waals surface area contributed by atoms with Crippen LogP contribution in [0.25, 0.3) is 0 Å². The molecular formula is C10H17N3OS. The summed E-state index contributed by atoms with van der Waals surface area (Å²) in [5.41, 5.74) is 12.0. The summed E-state index contributed by atoms with van der Waals surface area (Å²) in [5.74, 6) is -0.303. The molecule has 5 heteroatoms. The fourth-order valence-electron chi connectivity index (χ4n) is 1.45. The Morgan fingerprint density at radius 2 is 2.40 bits per heavy atom. The average molecular weight is 227 g/mol. The van der Waals surface area contributed by atoms with Gasteiger partial charge in [0.2, 0.25) is 5.91 Å². The van der Waals surface area contributed by atoms with Crippen molar-refractivity contribution in [3.05, 3.63) is 22.4 Å². The minimum absolute atomic E-state index is 0.0300. The molecule has 0 spiro atoms. The molecule has 1 rings (SSSR count). The smallest absolute Gasteiger partial charge is 0.219 e. The van der Waals surface area contributed by atoms with Gasteiger partial charge in [-0.25, -0.2) is 0 Å². The van der Waals surface area contributed by atoms with Crippen molar-refractivity contribution in [1.82, 2.24) is 4.90 Å². The molecule has 4 nitrogen and oxygen atoms in total. The number of amides is 1. The van der Waals surface area contributed by atoms with Crippen molar-refractivity contribution in [2.75, 3.05) is 13.6 Å². The minimum Gasteiger partial charge on any atom is -0.370 e. The lowest BCUT2D eigenvalue weighted by molar-refractivity contribution is -0.119. The number of primary amides is 1. The van der Waals surface area contributed by atoms with E-state index in [4.69, 9.17) is 11.5 Å². The van der Waals surface area contributed by atoms with E-state index in [9.17, 15) is 4.79 Å². The maximum Gasteiger partial charge on any atom is 0.219 e. The molecule has 0 aliphatic heterocycles. The van der Waals surface area contributed by atoms with Crippen LogP contribution in [0, 0.1) is 0 Å². The van der Waals surface area contributed by atoms with Gasteiger partial charge in [0.1, 0.15) is 0 Å². The Labute approximate surface area is 93.9 Å². The van der Waals surface area contributed by atoms with Gasteiger partial charge in [0.25, 0.3) is 0 Å². The molecule has 0 saturated heterocycles. The molecule has 1 unspecified atom stereocenters. The van der Waals surface area contributed by atoms with Gasteiger partial charge >= 0.3 is 0 Å². The molecule has 1 aromatic heterocycles. The van der Waals surface area contributed by atoms with Gasteiger partial charge in [0.05, 0.1) is 0 Å². The van der Waals surface area contributed by atoms with E-state index >= 15 is 0 Å². The fourth-order valence-corrected chi connectivity index (χ4v) is 2.11. The molecule has 0 aromatic carbocycles. The predicted octanol–water partition coefficient (Wildman–Crippen LogP) is 0.383. The number of nitrogens with two attached hydrogens (primary N) is 2. The van der Waals surface area contributed by atoms with Crippen molar-refractivity contribution < 1.29 is 4.79 Å². The van der Waals surface area contributed by atoms with E-state index in [1.807, 2.05) is 12.4 Å². The molecule has 0 aliphatic carbocycles. The SMILES string of the molecule is CN(Cc1ccsc1)C(CN)CC(N)=O. The van der Waals surface area contributed by atoms with Crippen molar-refractivity contribution >= 4 is 17.2 Å². The van der Waals surface area contributed by atoms with Gasteiger partial charge < -0.3 is 11.5 Å². The van der Waals surface area contributed by atoms with Crippen molar-refractivity contribution in [3.63, 3.8) is 0 Å². The third kappa shape index (κ3) is 3.99. The summed E-state index contributed by atoms with van der Waals surface area (Å²) in [6, 6.07) is 2.10. The summed E-state index contributed by atoms with van der Waals surface area (Å²) in [6.45, 7) is 1.25. The summed E-state index contributed by atoms with van der Waals surface area (Å²) < 4.78 is 0. The van der Waals surface area contributed by atoms with Crippen molar-refractivity contribution in [1.29, 1.82) is 0 Å². The first-order valence-electron chi connectivity index (χ1n) is 4.83. The maximum absolute atomic E-state index is 10.8. The number of likely N-dealkylation sites (N-methyl/N-ethyl adjacent to an activating group) is 1. The lowest BCUT2D eigenvalue weighted by Crippen LogP contribution is -2.40. The predicted molar refractivity (Wildman–Crippen MR) is 62.4 cm³/mol. The van der Waals surface area contributed by atoms with Crippen LogP contribution in [-0.2, 0) is 11.3 Å². The quantitative estimate of drug-likeness (QED) is 0.738. The Hall–Kier alpha value is -0.910. The number of hydrogen-bond acceptors (Lipinski definition) is 4. The molecule has 0 bridgehead atoms. The lowest BCUT2D eigenvalue weighted by Gasteiger charge is -2.25. The third-order valence-electron chi connectivity index (χ3n) is 2.34. The van der Waals surface area contributed by atoms with Gasteiger partial charge in [-0.1, -0.05) is 0 Å². The Balaban J connectivity index is 2.49. The first-order valence-corrected chi connectivity index (χ1v) is 5.77. The molecule has 15 heavy (non-hydrogen) atoms. The molecule has 84 valence electrons. The largest absolute Gasteiger partial charge is 0.370 e. The van der Waals surface area contributed by atoms with Crippen LogP contribution in [0.5, 0.6) is 0 Å². The molecule has 0 saturated carbocycles. The number of thiophene rings is 1. The summed E-state index contributed by atoms with van der Waals surface area (Å²) in [4.78, 5) is 12.9. The van der Waals surface area contributed by atoms with Crippen LogP contribution in [0.4, 0.5) is 0 Å². The highest BCUT2D eigenvalue weighted by Gasteiger charge is 2.15. The monoisotopic (exact) mass is 227 g/mol. The second-order valence-corrected chi connectivity index (χ2v) is 4.39. The molecule has 0 fully saturated rings. The standard InChI is InChI=1S/C10H17N3OS/c1-13(6-8-2-3-15-7-8)9(5-11)4-10(12)14/h2-3,7,9H,4-6,11H2,1H3,(H2,12,14). The van der Waals surface area contributed by atoms with Crippen LogP contribution < -0.4 is 11.5 Å². The normalized spacial score (nSPS) is 13.0. The van der Waals surface area contributed by atoms with Crippen LogP contribution in [0.1, 0.15) is 12.0 Å². The van der Waals surface area contributed by atoms with E-state index < -0.39 is 0 Å². The van der Waals surface area contributed by atoms with Crippen molar-refractivity contribution in [2.45, 2.75) is 19.0 Å². The maximum atomic E-state index is 10.8. The first kappa shape index (κ1) is 12.2. The molecule has 1 aromatic rings. The Morgan fingerprint density at radius 3 is 2.87 bits per heavy atom. The Morgan fingerprint density at radius 1 is 1.67 bits per heavy atom. The molecule has 1 atom stereocenters. The number of nitrogens with zero attached hydrogens (tertiary/aromatic N) is 1. The van der Waals surface area contributed by atoms with E-state index in [2.05, 4.69) is 16.3 Å². The van der Waals surface area contributed by atoms with Crippen molar-refractivity contribution in [3.8, 4) is 0 Å². The fraction of sp³-hybridized carbons (Fsp3) is 0.500. The molecule has 0 aliphatic rings. The van der Waals surface area contributed by atoms with Gasteiger partial charge in [-0.15, -0.1) is 0 Å². The molecule has 1 amide bonds. The van der Waals surface area contributed by atoms with E-state index in [-0.39, 0.29) is 11.9 Å². The van der Waals surface area contributed by atoms with Crippen LogP contribution in [0.3, 0.4) is 0 Å². The molecule has 0 radical (unpaired) electrons. The lowest BCUT2D eigenvalue weighted by atomic mass is 10.1. The summed E-state index contributed by atoms with van der Waals surface area (Å²) >= 11 is 1.67. The van der Waals surface area contributed by atoms with Gasteiger partial charge in [0, 0.05) is 25.6 Å². The zero-order valence-corrected chi connectivity index (χ0v) is 9.67. The van der Waals surface area contributed by atoms with Crippen LogP contribution in [0.15, 0.2) is 16.8 Å². The molecule has 4 N–H and O–H groups in total. The highest BCUT2D eigenvalue weighted by molar-refractivity contribution is 7.07. The highest BCUT2D eigenvalue weighted by atomic mass is 32.1. The van der Waals surface area contributed by atoms with Crippen LogP contribution in [-0.4, -0.2) is 30.4 Å². The number of hydrogen-bond donors (Lipinski definition) is 2. The van der Waals surface area contributed by atoms with Gasteiger partial charge in [0.15, 0.2) is 0 Å². The summed E-state index contributed by atoms with van der Waals surface area (Å²) in [7, 11) is 1.96. The van der Waals surface area contributed by atoms with Gasteiger partial charge in [-0.2, -0.15) is 11.3 Å². The van der Waals surface area contributed by atoms with E-state index in [0.717, 1.165) is 6.54 Å². The number of carbonyl (C=O) groups excluding carboxylic acids is 1. The molecular weight excluding hydrogens is 210 g/mol. The number of carbonyl (C=O) groups is 1. The highest BCUT2D eigenvalue weighted by Crippen LogP contribution is 2.11. The second kappa shape index (κ2) is 5.85. The topological polar surface area (TPSA) is 72.3 Å². The number of rotatable bonds is 6. The second-order valence-electron chi connectivity index (χ2n) is 3.61. The van der Waals surface area contributed by atoms with E-state index in [0.29, 0.717) is 13.0 Å². The Kier molecular flexibility index (Phi) is 4.74. The van der Waals surface area contributed by atoms with Gasteiger partial charge in [-0.05, 0) is 29.4 Å². The van der Waals surface area contributed by atoms with Gasteiger partial charge in [-0.3, -0.25) is 9.69 Å². The third-order valence-corrected chi connectivity index (χ3v) is 3.08. The molecule has 1 heterocycles. The summed E-state index contributed by atoms with van der Waals surface area (Å²) in [6.07, 6.45) is 0.317. The summed E-state index contributed by atoms with van der Waals surface area (Å²) in [5, 5.41) is 4.13. The van der Waals surface area contributed by atoms with Crippen molar-refractivity contribution in [2.24, 2.45) is 11.5 Å². The minimum atomic E-state index is -0.303. The zero-order chi connectivity index (χ0) is 11.3. The van der Waals surface area contributed by atoms with E-state index in [1.54, 1.807) is 11.3 Å².